The molecule has 0 N–H and O–H groups in total. The number of piperazine rings is 1. The molecule has 5 fully saturated rings. The number of fused-ring (bicyclic) bond motifs is 1. The van der Waals surface area contributed by atoms with Crippen LogP contribution in [0.15, 0.2) is 24.3 Å². The van der Waals surface area contributed by atoms with E-state index in [9.17, 15) is 4.79 Å². The van der Waals surface area contributed by atoms with E-state index in [-0.39, 0.29) is 29.2 Å². The third kappa shape index (κ3) is 3.02. The molecule has 0 unspecified atom stereocenters. The average Bonchev–Trinajstić information content (AvgIpc) is 3.44. The summed E-state index contributed by atoms with van der Waals surface area (Å²) in [4.78, 5) is 18.2. The van der Waals surface area contributed by atoms with Crippen LogP contribution in [-0.2, 0) is 14.3 Å². The van der Waals surface area contributed by atoms with Crippen LogP contribution >= 0.6 is 0 Å². The Bertz CT molecular complexity index is 882. The average molecular weight is 441 g/mol. The summed E-state index contributed by atoms with van der Waals surface area (Å²) in [6.07, 6.45) is 4.65. The second-order valence-electron chi connectivity index (χ2n) is 11.0. The van der Waals surface area contributed by atoms with Crippen molar-refractivity contribution >= 4 is 11.7 Å². The zero-order chi connectivity index (χ0) is 22.1. The van der Waals surface area contributed by atoms with E-state index in [0.717, 1.165) is 57.7 Å². The zero-order valence-corrected chi connectivity index (χ0v) is 19.6. The van der Waals surface area contributed by atoms with Crippen molar-refractivity contribution < 1.29 is 19.0 Å². The standard InChI is InChI=1S/C26H36N2O4/c1-17-4-9-22-20(23(29)31-26(22)21(17)10-11-25(2)24(26)32-25)16-27-12-14-28(15-13-27)18-5-7-19(30-3)8-6-18/h5-8,17,20-22,24H,4,9-16H2,1-3H3/t17-,20+,21-,22+,24+,25-,26+/m1/s1. The Hall–Kier alpha value is -1.79. The van der Waals surface area contributed by atoms with Gasteiger partial charge in [0.15, 0.2) is 0 Å². The summed E-state index contributed by atoms with van der Waals surface area (Å²) in [7, 11) is 1.70. The van der Waals surface area contributed by atoms with Gasteiger partial charge in [-0.15, -0.1) is 0 Å². The summed E-state index contributed by atoms with van der Waals surface area (Å²) in [5.74, 6) is 2.29. The minimum absolute atomic E-state index is 0.0101. The van der Waals surface area contributed by atoms with Crippen molar-refractivity contribution in [1.82, 2.24) is 4.90 Å². The third-order valence-corrected chi connectivity index (χ3v) is 9.36. The molecular formula is C26H36N2O4. The number of ether oxygens (including phenoxy) is 3. The summed E-state index contributed by atoms with van der Waals surface area (Å²) < 4.78 is 17.9. The second kappa shape index (κ2) is 7.36. The minimum atomic E-state index is -0.364. The van der Waals surface area contributed by atoms with E-state index in [1.54, 1.807) is 7.11 Å². The maximum atomic E-state index is 13.3. The van der Waals surface area contributed by atoms with Gasteiger partial charge in [0, 0.05) is 50.2 Å². The van der Waals surface area contributed by atoms with Crippen LogP contribution in [0.2, 0.25) is 0 Å². The number of carbonyl (C=O) groups excluding carboxylic acids is 1. The molecule has 1 aromatic carbocycles. The fourth-order valence-corrected chi connectivity index (χ4v) is 7.52. The molecule has 32 heavy (non-hydrogen) atoms. The van der Waals surface area contributed by atoms with Gasteiger partial charge in [0.2, 0.25) is 0 Å². The Labute approximate surface area is 191 Å². The van der Waals surface area contributed by atoms with Crippen LogP contribution in [0.25, 0.3) is 0 Å². The Morgan fingerprint density at radius 3 is 2.53 bits per heavy atom. The molecule has 3 heterocycles. The number of nitrogens with zero attached hydrogens (tertiary/aromatic N) is 2. The molecule has 0 amide bonds. The number of benzene rings is 1. The lowest BCUT2D eigenvalue weighted by molar-refractivity contribution is -0.168. The van der Waals surface area contributed by atoms with Crippen molar-refractivity contribution in [2.45, 2.75) is 56.8 Å². The first-order valence-corrected chi connectivity index (χ1v) is 12.5. The van der Waals surface area contributed by atoms with Gasteiger partial charge in [-0.3, -0.25) is 9.69 Å². The maximum Gasteiger partial charge on any atom is 0.311 e. The summed E-state index contributed by atoms with van der Waals surface area (Å²) >= 11 is 0. The van der Waals surface area contributed by atoms with E-state index in [2.05, 4.69) is 35.8 Å². The molecule has 174 valence electrons. The van der Waals surface area contributed by atoms with Crippen molar-refractivity contribution in [2.24, 2.45) is 23.7 Å². The van der Waals surface area contributed by atoms with Crippen molar-refractivity contribution in [3.05, 3.63) is 24.3 Å². The summed E-state index contributed by atoms with van der Waals surface area (Å²) in [5.41, 5.74) is 0.809. The molecule has 7 atom stereocenters. The summed E-state index contributed by atoms with van der Waals surface area (Å²) in [6, 6.07) is 8.30. The van der Waals surface area contributed by atoms with E-state index in [1.165, 1.54) is 12.1 Å². The Kier molecular flexibility index (Phi) is 4.78. The van der Waals surface area contributed by atoms with Gasteiger partial charge in [0.1, 0.15) is 17.5 Å². The number of hydrogen-bond acceptors (Lipinski definition) is 6. The Balaban J connectivity index is 1.14. The van der Waals surface area contributed by atoms with Crippen molar-refractivity contribution in [3.8, 4) is 5.75 Å². The number of carbonyl (C=O) groups is 1. The highest BCUT2D eigenvalue weighted by Crippen LogP contribution is 2.66. The van der Waals surface area contributed by atoms with Gasteiger partial charge in [0.25, 0.3) is 0 Å². The lowest BCUT2D eigenvalue weighted by atomic mass is 9.55. The Morgan fingerprint density at radius 1 is 1.06 bits per heavy atom. The molecule has 1 spiro atoms. The minimum Gasteiger partial charge on any atom is -0.497 e. The number of esters is 1. The van der Waals surface area contributed by atoms with Gasteiger partial charge < -0.3 is 19.1 Å². The highest BCUT2D eigenvalue weighted by atomic mass is 16.7. The van der Waals surface area contributed by atoms with E-state index >= 15 is 0 Å². The first-order chi connectivity index (χ1) is 15.4. The van der Waals surface area contributed by atoms with Crippen LogP contribution in [0.5, 0.6) is 5.75 Å². The van der Waals surface area contributed by atoms with E-state index in [1.807, 2.05) is 12.1 Å². The molecule has 2 saturated carbocycles. The normalized spacial score (nSPS) is 43.2. The molecule has 3 saturated heterocycles. The predicted octanol–water partition coefficient (Wildman–Crippen LogP) is 3.34. The molecule has 1 aromatic rings. The number of anilines is 1. The van der Waals surface area contributed by atoms with Crippen LogP contribution in [-0.4, -0.2) is 68.0 Å². The number of methoxy groups -OCH3 is 1. The first-order valence-electron chi connectivity index (χ1n) is 12.5. The summed E-state index contributed by atoms with van der Waals surface area (Å²) in [6.45, 7) is 9.32. The molecule has 6 nitrogen and oxygen atoms in total. The van der Waals surface area contributed by atoms with Gasteiger partial charge >= 0.3 is 5.97 Å². The third-order valence-electron chi connectivity index (χ3n) is 9.36. The lowest BCUT2D eigenvalue weighted by Crippen LogP contribution is -2.58. The predicted molar refractivity (Wildman–Crippen MR) is 122 cm³/mol. The van der Waals surface area contributed by atoms with Crippen molar-refractivity contribution in [1.29, 1.82) is 0 Å². The first kappa shape index (κ1) is 20.8. The van der Waals surface area contributed by atoms with E-state index < -0.39 is 0 Å². The topological polar surface area (TPSA) is 54.5 Å². The molecule has 3 aliphatic heterocycles. The molecule has 0 bridgehead atoms. The van der Waals surface area contributed by atoms with E-state index in [0.29, 0.717) is 17.8 Å². The Morgan fingerprint density at radius 2 is 1.81 bits per heavy atom. The zero-order valence-electron chi connectivity index (χ0n) is 19.6. The monoisotopic (exact) mass is 440 g/mol. The number of hydrogen-bond donors (Lipinski definition) is 0. The van der Waals surface area contributed by atoms with Gasteiger partial charge in [-0.05, 0) is 62.8 Å². The summed E-state index contributed by atoms with van der Waals surface area (Å²) in [5, 5.41) is 0. The van der Waals surface area contributed by atoms with Crippen LogP contribution in [0, 0.1) is 23.7 Å². The van der Waals surface area contributed by atoms with Crippen LogP contribution in [0.3, 0.4) is 0 Å². The fraction of sp³-hybridized carbons (Fsp3) is 0.731. The van der Waals surface area contributed by atoms with E-state index in [4.69, 9.17) is 14.2 Å². The molecule has 6 rings (SSSR count). The van der Waals surface area contributed by atoms with Gasteiger partial charge in [0.05, 0.1) is 18.6 Å². The lowest BCUT2D eigenvalue weighted by Gasteiger charge is -2.50. The fourth-order valence-electron chi connectivity index (χ4n) is 7.52. The largest absolute Gasteiger partial charge is 0.497 e. The number of rotatable bonds is 4. The SMILES string of the molecule is COc1ccc(N2CCN(C[C@@H]3C(=O)O[C@]45[C@H](CC[C@@]6(C)O[C@H]46)[C@H](C)CC[C@@H]35)CC2)cc1. The highest BCUT2D eigenvalue weighted by molar-refractivity contribution is 5.77. The van der Waals surface area contributed by atoms with Crippen LogP contribution in [0.1, 0.15) is 39.5 Å². The van der Waals surface area contributed by atoms with Crippen molar-refractivity contribution in [2.75, 3.05) is 44.7 Å². The van der Waals surface area contributed by atoms with Gasteiger partial charge in [-0.2, -0.15) is 0 Å². The molecule has 5 aliphatic rings. The van der Waals surface area contributed by atoms with Gasteiger partial charge in [-0.1, -0.05) is 6.92 Å². The number of epoxide rings is 1. The van der Waals surface area contributed by atoms with Gasteiger partial charge in [-0.25, -0.2) is 0 Å². The molecule has 2 aliphatic carbocycles. The quantitative estimate of drug-likeness (QED) is 0.529. The molecular weight excluding hydrogens is 404 g/mol. The highest BCUT2D eigenvalue weighted by Gasteiger charge is 2.77. The molecule has 6 heteroatoms. The maximum absolute atomic E-state index is 13.3. The molecule has 0 aromatic heterocycles. The smallest absolute Gasteiger partial charge is 0.311 e. The second-order valence-corrected chi connectivity index (χ2v) is 11.0. The van der Waals surface area contributed by atoms with Crippen molar-refractivity contribution in [3.63, 3.8) is 0 Å². The van der Waals surface area contributed by atoms with Crippen LogP contribution in [0.4, 0.5) is 5.69 Å². The van der Waals surface area contributed by atoms with Crippen LogP contribution < -0.4 is 9.64 Å². The molecule has 0 radical (unpaired) electrons.